The van der Waals surface area contributed by atoms with Gasteiger partial charge >= 0.3 is 0 Å². The van der Waals surface area contributed by atoms with E-state index in [2.05, 4.69) is 23.2 Å². The van der Waals surface area contributed by atoms with Crippen molar-refractivity contribution >= 4 is 38.8 Å². The lowest BCUT2D eigenvalue weighted by molar-refractivity contribution is -0.375. The molecule has 0 atom stereocenters. The molecule has 55 heavy (non-hydrogen) atoms. The van der Waals surface area contributed by atoms with E-state index in [4.69, 9.17) is 0 Å². The molecule has 0 radical (unpaired) electrons. The Morgan fingerprint density at radius 1 is 0.273 bits per heavy atom. The maximum absolute atomic E-state index is 15.4. The Kier molecular flexibility index (Phi) is 10.6. The van der Waals surface area contributed by atoms with Gasteiger partial charge in [-0.1, -0.05) is 18.2 Å². The summed E-state index contributed by atoms with van der Waals surface area (Å²) in [7, 11) is 0. The fourth-order valence-corrected chi connectivity index (χ4v) is 5.94. The number of nitrogens with one attached hydrogen (secondary N) is 1. The molecule has 0 fully saturated rings. The molecule has 1 N–H and O–H groups in total. The first kappa shape index (κ1) is 40.4. The van der Waals surface area contributed by atoms with Crippen LogP contribution in [0.15, 0.2) is 42.7 Å². The molecule has 0 aliphatic heterocycles. The van der Waals surface area contributed by atoms with E-state index in [1.807, 2.05) is 24.5 Å². The zero-order valence-corrected chi connectivity index (χ0v) is 25.7. The zero-order chi connectivity index (χ0) is 41.2. The molecule has 288 valence electrons. The molecule has 6 aromatic rings. The lowest BCUT2D eigenvalue weighted by Crippen LogP contribution is -2.81. The second-order valence-electron chi connectivity index (χ2n) is 11.1. The zero-order valence-electron chi connectivity index (χ0n) is 25.7. The van der Waals surface area contributed by atoms with E-state index in [-0.39, 0.29) is 0 Å². The van der Waals surface area contributed by atoms with Gasteiger partial charge in [-0.15, -0.1) is 21.9 Å². The molecular formula is C33H8BF20N. The van der Waals surface area contributed by atoms with Crippen LogP contribution in [-0.2, 0) is 0 Å². The van der Waals surface area contributed by atoms with E-state index in [9.17, 15) is 52.7 Å². The second kappa shape index (κ2) is 14.4. The van der Waals surface area contributed by atoms with Crippen LogP contribution in [0.4, 0.5) is 87.8 Å². The third-order valence-electron chi connectivity index (χ3n) is 8.30. The van der Waals surface area contributed by atoms with Crippen LogP contribution in [0, 0.1) is 116 Å². The predicted octanol–water partition coefficient (Wildman–Crippen LogP) is 7.50. The number of rotatable bonds is 4. The number of aromatic nitrogens is 1. The van der Waals surface area contributed by atoms with E-state index < -0.39 is 144 Å². The molecule has 0 saturated carbocycles. The van der Waals surface area contributed by atoms with E-state index >= 15 is 35.1 Å². The van der Waals surface area contributed by atoms with Gasteiger partial charge in [-0.2, -0.15) is 0 Å². The first-order chi connectivity index (χ1) is 25.7. The molecule has 0 aliphatic carbocycles. The maximum Gasteiger partial charge on any atom is 0.200 e. The first-order valence-corrected chi connectivity index (χ1v) is 14.2. The van der Waals surface area contributed by atoms with Crippen molar-refractivity contribution < 1.29 is 92.8 Å². The molecule has 5 aromatic carbocycles. The van der Waals surface area contributed by atoms with Crippen molar-refractivity contribution in [1.82, 2.24) is 0 Å². The number of aromatic amines is 1. The summed E-state index contributed by atoms with van der Waals surface area (Å²) in [5.74, 6) is -71.4. The van der Waals surface area contributed by atoms with Gasteiger partial charge in [-0.3, -0.25) is 0 Å². The first-order valence-electron chi connectivity index (χ1n) is 14.2. The van der Waals surface area contributed by atoms with Crippen molar-refractivity contribution in [3.05, 3.63) is 159 Å². The van der Waals surface area contributed by atoms with Crippen molar-refractivity contribution in [2.24, 2.45) is 0 Å². The fraction of sp³-hybridized carbons (Fsp3) is 0. The molecule has 0 spiro atoms. The van der Waals surface area contributed by atoms with Gasteiger partial charge in [0.15, 0.2) is 82.2 Å². The largest absolute Gasteiger partial charge is 0.217 e. The third kappa shape index (κ3) is 5.88. The summed E-state index contributed by atoms with van der Waals surface area (Å²) in [6.45, 7) is 0. The lowest BCUT2D eigenvalue weighted by Gasteiger charge is -2.44. The summed E-state index contributed by atoms with van der Waals surface area (Å²) in [6, 6.07) is 10.3. The Hall–Kier alpha value is -5.83. The average Bonchev–Trinajstić information content (AvgIpc) is 3.18. The molecule has 0 amide bonds. The minimum atomic E-state index is -7.22. The van der Waals surface area contributed by atoms with Gasteiger partial charge in [0.1, 0.15) is 52.7 Å². The predicted molar refractivity (Wildman–Crippen MR) is 150 cm³/mol. The molecule has 1 heterocycles. The highest BCUT2D eigenvalue weighted by atomic mass is 19.2. The molecule has 0 aliphatic rings. The van der Waals surface area contributed by atoms with Crippen molar-refractivity contribution in [3.8, 4) is 0 Å². The fourth-order valence-electron chi connectivity index (χ4n) is 5.94. The number of benzene rings is 5. The smallest absolute Gasteiger partial charge is 0.200 e. The second-order valence-corrected chi connectivity index (χ2v) is 11.1. The molecule has 1 nitrogen and oxygen atoms in total. The van der Waals surface area contributed by atoms with E-state index in [1.165, 1.54) is 10.8 Å². The van der Waals surface area contributed by atoms with Crippen molar-refractivity contribution in [1.29, 1.82) is 0 Å². The monoisotopic (exact) mass is 809 g/mol. The molecule has 1 aromatic heterocycles. The van der Waals surface area contributed by atoms with Crippen molar-refractivity contribution in [2.75, 3.05) is 0 Å². The van der Waals surface area contributed by atoms with Crippen LogP contribution in [0.25, 0.3) is 10.8 Å². The number of hydrogen-bond donors (Lipinski definition) is 0. The number of H-pyrrole nitrogens is 1. The summed E-state index contributed by atoms with van der Waals surface area (Å²) in [6.07, 6.45) is -3.29. The van der Waals surface area contributed by atoms with Gasteiger partial charge in [-0.25, -0.2) is 92.8 Å². The molecule has 6 rings (SSSR count). The van der Waals surface area contributed by atoms with Gasteiger partial charge in [0.2, 0.25) is 0 Å². The molecule has 22 heteroatoms. The average molecular weight is 809 g/mol. The van der Waals surface area contributed by atoms with Crippen molar-refractivity contribution in [3.63, 3.8) is 0 Å². The van der Waals surface area contributed by atoms with Crippen LogP contribution in [0.3, 0.4) is 0 Å². The Morgan fingerprint density at radius 3 is 0.727 bits per heavy atom. The maximum atomic E-state index is 15.4. The van der Waals surface area contributed by atoms with Gasteiger partial charge in [0.25, 0.3) is 0 Å². The summed E-state index contributed by atoms with van der Waals surface area (Å²) in [5.41, 5.74) is -14.3. The van der Waals surface area contributed by atoms with Crippen LogP contribution in [0.1, 0.15) is 0 Å². The summed E-state index contributed by atoms with van der Waals surface area (Å²) < 4.78 is 294. The minimum Gasteiger partial charge on any atom is -0.217 e. The highest BCUT2D eigenvalue weighted by molar-refractivity contribution is 7.20. The standard InChI is InChI=1S/C24BF20.C9H7N/c26-5-1(6(27)14(35)21(42)13(5)34)25(2-7(28)15(36)22(43)16(37)8(2)29,3-9(30)17(38)23(44)18(39)10(3)31)4-11(32)19(40)24(45)20(41)12(4)33;1-2-4-9-7-10-6-5-8(9)3-1/h;1-7H/q-1;/p+1. The topological polar surface area (TPSA) is 14.1 Å². The van der Waals surface area contributed by atoms with E-state index in [0.717, 1.165) is 0 Å². The molecular weight excluding hydrogens is 801 g/mol. The van der Waals surface area contributed by atoms with Crippen LogP contribution in [0.5, 0.6) is 0 Å². The normalized spacial score (nSPS) is 11.6. The minimum absolute atomic E-state index is 1.25. The highest BCUT2D eigenvalue weighted by Gasteiger charge is 2.52. The number of halogens is 20. The summed E-state index contributed by atoms with van der Waals surface area (Å²) in [4.78, 5) is 3.04. The van der Waals surface area contributed by atoms with Gasteiger partial charge in [0, 0.05) is 11.5 Å². The number of pyridine rings is 1. The number of fused-ring (bicyclic) bond motifs is 1. The van der Waals surface area contributed by atoms with Gasteiger partial charge in [-0.05, 0) is 11.5 Å². The van der Waals surface area contributed by atoms with Crippen LogP contribution in [-0.4, -0.2) is 6.15 Å². The highest BCUT2D eigenvalue weighted by Crippen LogP contribution is 2.30. The Labute approximate surface area is 291 Å². The number of hydrogen-bond acceptors (Lipinski definition) is 0. The van der Waals surface area contributed by atoms with E-state index in [0.29, 0.717) is 0 Å². The Bertz CT molecular complexity index is 2110. The van der Waals surface area contributed by atoms with E-state index in [1.54, 1.807) is 0 Å². The van der Waals surface area contributed by atoms with Gasteiger partial charge < -0.3 is 0 Å². The Balaban J connectivity index is 0.000000496. The van der Waals surface area contributed by atoms with Crippen LogP contribution in [0.2, 0.25) is 0 Å². The van der Waals surface area contributed by atoms with Gasteiger partial charge in [0.05, 0.1) is 0 Å². The third-order valence-corrected chi connectivity index (χ3v) is 8.30. The summed E-state index contributed by atoms with van der Waals surface area (Å²) >= 11 is 0. The quantitative estimate of drug-likeness (QED) is 0.0759. The van der Waals surface area contributed by atoms with Crippen LogP contribution < -0.4 is 26.8 Å². The SMILES string of the molecule is Fc1c(F)c(F)c([B-](c2c(F)c(F)c(F)c(F)c2F)(c2c(F)c(F)c(F)c(F)c2F)c2c(F)c(F)c(F)c(F)c2F)c(F)c1F.c1ccc2c[nH+]ccc2c1. The van der Waals surface area contributed by atoms with Crippen molar-refractivity contribution in [2.45, 2.75) is 0 Å². The lowest BCUT2D eigenvalue weighted by atomic mass is 9.12. The summed E-state index contributed by atoms with van der Waals surface area (Å²) in [5, 5.41) is 2.53. The molecule has 0 unspecified atom stereocenters. The van der Waals surface area contributed by atoms with Crippen LogP contribution >= 0.6 is 0 Å². The Morgan fingerprint density at radius 2 is 0.491 bits per heavy atom. The molecule has 0 saturated heterocycles. The molecule has 0 bridgehead atoms.